The second-order valence-corrected chi connectivity index (χ2v) is 8.13. The summed E-state index contributed by atoms with van der Waals surface area (Å²) in [6.45, 7) is 1.97. The molecule has 1 atom stereocenters. The first kappa shape index (κ1) is 22.7. The van der Waals surface area contributed by atoms with Crippen LogP contribution in [0.15, 0.2) is 36.5 Å². The van der Waals surface area contributed by atoms with E-state index >= 15 is 0 Å². The van der Waals surface area contributed by atoms with Gasteiger partial charge in [-0.05, 0) is 43.5 Å². The Morgan fingerprint density at radius 2 is 2.15 bits per heavy atom. The molecule has 0 saturated carbocycles. The first-order valence-electron chi connectivity index (χ1n) is 11.0. The van der Waals surface area contributed by atoms with Gasteiger partial charge in [0.05, 0.1) is 11.7 Å². The lowest BCUT2D eigenvalue weighted by Crippen LogP contribution is -2.42. The summed E-state index contributed by atoms with van der Waals surface area (Å²) < 4.78 is 6.96. The number of nitrogens with two attached hydrogens (primary N) is 1. The Hall–Kier alpha value is -3.50. The number of hydrogen-bond acceptors (Lipinski definition) is 7. The Bertz CT molecular complexity index is 1160. The van der Waals surface area contributed by atoms with Gasteiger partial charge in [-0.25, -0.2) is 9.97 Å². The Balaban J connectivity index is 1.64. The lowest BCUT2D eigenvalue weighted by Gasteiger charge is -2.30. The molecule has 1 fully saturated rings. The van der Waals surface area contributed by atoms with Gasteiger partial charge in [0.2, 0.25) is 5.95 Å². The number of ether oxygens (including phenoxy) is 1. The van der Waals surface area contributed by atoms with Crippen LogP contribution < -0.4 is 11.1 Å². The van der Waals surface area contributed by atoms with Crippen LogP contribution in [0.25, 0.3) is 11.2 Å². The van der Waals surface area contributed by atoms with E-state index in [2.05, 4.69) is 15.3 Å². The van der Waals surface area contributed by atoms with E-state index in [1.165, 1.54) is 6.20 Å². The lowest BCUT2D eigenvalue weighted by atomic mass is 10.1. The number of nitrogens with zero attached hydrogens (tertiary/aromatic N) is 4. The fourth-order valence-corrected chi connectivity index (χ4v) is 3.98. The second-order valence-electron chi connectivity index (χ2n) is 8.13. The Morgan fingerprint density at radius 1 is 1.30 bits per heavy atom. The normalized spacial score (nSPS) is 16.2. The number of carbonyl (C=O) groups is 2. The van der Waals surface area contributed by atoms with Crippen molar-refractivity contribution < 1.29 is 19.4 Å². The van der Waals surface area contributed by atoms with E-state index in [1.807, 2.05) is 0 Å². The summed E-state index contributed by atoms with van der Waals surface area (Å²) in [5, 5.41) is 12.7. The van der Waals surface area contributed by atoms with Crippen molar-refractivity contribution in [1.82, 2.24) is 19.4 Å². The van der Waals surface area contributed by atoms with Crippen molar-refractivity contribution in [2.45, 2.75) is 31.9 Å². The van der Waals surface area contributed by atoms with Crippen molar-refractivity contribution in [2.24, 2.45) is 0 Å². The van der Waals surface area contributed by atoms with Crippen LogP contribution in [0, 0.1) is 0 Å². The first-order valence-corrected chi connectivity index (χ1v) is 11.0. The fourth-order valence-electron chi connectivity index (χ4n) is 3.98. The van der Waals surface area contributed by atoms with Crippen molar-refractivity contribution in [3.05, 3.63) is 47.7 Å². The van der Waals surface area contributed by atoms with Gasteiger partial charge in [0, 0.05) is 50.8 Å². The van der Waals surface area contributed by atoms with Gasteiger partial charge in [-0.15, -0.1) is 0 Å². The molecular weight excluding hydrogens is 424 g/mol. The van der Waals surface area contributed by atoms with Crippen LogP contribution in [-0.2, 0) is 11.3 Å². The van der Waals surface area contributed by atoms with Gasteiger partial charge in [-0.1, -0.05) is 6.07 Å². The van der Waals surface area contributed by atoms with E-state index in [9.17, 15) is 14.7 Å². The maximum absolute atomic E-state index is 12.9. The van der Waals surface area contributed by atoms with Crippen LogP contribution in [0.5, 0.6) is 0 Å². The average Bonchev–Trinajstić information content (AvgIpc) is 3.15. The molecule has 3 heterocycles. The van der Waals surface area contributed by atoms with Gasteiger partial charge in [-0.3, -0.25) is 19.5 Å². The van der Waals surface area contributed by atoms with Crippen molar-refractivity contribution in [3.8, 4) is 0 Å². The highest BCUT2D eigenvalue weighted by atomic mass is 16.5. The molecule has 0 radical (unpaired) electrons. The maximum atomic E-state index is 12.9. The van der Waals surface area contributed by atoms with Crippen molar-refractivity contribution in [3.63, 3.8) is 0 Å². The highest BCUT2D eigenvalue weighted by Gasteiger charge is 2.24. The summed E-state index contributed by atoms with van der Waals surface area (Å²) >= 11 is 0. The number of methoxy groups -OCH3 is 1. The van der Waals surface area contributed by atoms with Crippen LogP contribution in [0.2, 0.25) is 0 Å². The molecule has 1 aliphatic rings. The molecule has 2 amide bonds. The number of aliphatic hydroxyl groups is 1. The molecule has 0 unspecified atom stereocenters. The number of carbonyl (C=O) groups excluding carboxylic acids is 2. The van der Waals surface area contributed by atoms with Crippen LogP contribution in [0.3, 0.4) is 0 Å². The molecule has 33 heavy (non-hydrogen) atoms. The second kappa shape index (κ2) is 9.97. The van der Waals surface area contributed by atoms with Gasteiger partial charge in [0.25, 0.3) is 11.8 Å². The number of pyridine rings is 1. The summed E-state index contributed by atoms with van der Waals surface area (Å²) in [5.74, 6) is -0.203. The van der Waals surface area contributed by atoms with Crippen LogP contribution in [0.1, 0.15) is 40.0 Å². The molecule has 10 heteroatoms. The third kappa shape index (κ3) is 5.12. The van der Waals surface area contributed by atoms with E-state index in [1.54, 1.807) is 46.9 Å². The number of aryl methyl sites for hydroxylation is 1. The molecule has 2 aromatic heterocycles. The number of fused-ring (bicyclic) bond motifs is 1. The molecule has 1 saturated heterocycles. The summed E-state index contributed by atoms with van der Waals surface area (Å²) in [5.41, 5.74) is 8.16. The number of benzene rings is 1. The van der Waals surface area contributed by atoms with Crippen LogP contribution in [0.4, 0.5) is 11.6 Å². The molecule has 0 spiro atoms. The van der Waals surface area contributed by atoms with Gasteiger partial charge < -0.3 is 20.5 Å². The fraction of sp³-hybridized carbons (Fsp3) is 0.391. The largest absolute Gasteiger partial charge is 0.399 e. The first-order chi connectivity index (χ1) is 16.0. The van der Waals surface area contributed by atoms with Gasteiger partial charge in [0.15, 0.2) is 5.65 Å². The zero-order valence-corrected chi connectivity index (χ0v) is 18.5. The van der Waals surface area contributed by atoms with E-state index < -0.39 is 6.10 Å². The highest BCUT2D eigenvalue weighted by molar-refractivity contribution is 6.04. The number of piperidine rings is 1. The molecule has 0 bridgehead atoms. The number of rotatable bonds is 7. The molecule has 1 aliphatic heterocycles. The molecule has 3 aromatic rings. The number of β-amino-alcohol motifs (C(OH)–C–C–N with tert-alkyl or cyclic N) is 1. The van der Waals surface area contributed by atoms with Crippen LogP contribution >= 0.6 is 0 Å². The van der Waals surface area contributed by atoms with E-state index in [0.29, 0.717) is 73.0 Å². The lowest BCUT2D eigenvalue weighted by molar-refractivity contribution is 0.0473. The van der Waals surface area contributed by atoms with Gasteiger partial charge in [-0.2, -0.15) is 0 Å². The van der Waals surface area contributed by atoms with Gasteiger partial charge in [0.1, 0.15) is 5.52 Å². The minimum atomic E-state index is -0.506. The molecule has 0 aliphatic carbocycles. The quantitative estimate of drug-likeness (QED) is 0.368. The highest BCUT2D eigenvalue weighted by Crippen LogP contribution is 2.22. The minimum Gasteiger partial charge on any atom is -0.399 e. The van der Waals surface area contributed by atoms with E-state index in [4.69, 9.17) is 10.5 Å². The SMILES string of the molecule is COCCCn1c(NC(=O)c2cccc(N)c2)nc2cc(C(=O)N3CCC[C@H](O)C3)cnc21. The summed E-state index contributed by atoms with van der Waals surface area (Å²) in [7, 11) is 1.63. The number of aliphatic hydroxyl groups excluding tert-OH is 1. The smallest absolute Gasteiger partial charge is 0.258 e. The zero-order valence-electron chi connectivity index (χ0n) is 18.5. The number of anilines is 2. The average molecular weight is 453 g/mol. The predicted octanol–water partition coefficient (Wildman–Crippen LogP) is 1.90. The number of likely N-dealkylation sites (tertiary alicyclic amines) is 1. The summed E-state index contributed by atoms with van der Waals surface area (Å²) in [6.07, 6.45) is 3.16. The minimum absolute atomic E-state index is 0.192. The molecule has 174 valence electrons. The number of imidazole rings is 1. The van der Waals surface area contributed by atoms with Gasteiger partial charge >= 0.3 is 0 Å². The number of aromatic nitrogens is 3. The monoisotopic (exact) mass is 452 g/mol. The van der Waals surface area contributed by atoms with E-state index in [-0.39, 0.29) is 11.8 Å². The number of hydrogen-bond donors (Lipinski definition) is 3. The number of nitrogens with one attached hydrogen (secondary N) is 1. The number of amides is 2. The molecule has 4 rings (SSSR count). The third-order valence-electron chi connectivity index (χ3n) is 5.62. The van der Waals surface area contributed by atoms with Crippen LogP contribution in [-0.4, -0.2) is 69.3 Å². The predicted molar refractivity (Wildman–Crippen MR) is 124 cm³/mol. The van der Waals surface area contributed by atoms with E-state index in [0.717, 1.165) is 6.42 Å². The molecule has 4 N–H and O–H groups in total. The molecule has 10 nitrogen and oxygen atoms in total. The topological polar surface area (TPSA) is 136 Å². The van der Waals surface area contributed by atoms with Crippen molar-refractivity contribution >= 4 is 34.6 Å². The molecular formula is C23H28N6O4. The maximum Gasteiger partial charge on any atom is 0.258 e. The Morgan fingerprint density at radius 3 is 2.91 bits per heavy atom. The van der Waals surface area contributed by atoms with Crippen molar-refractivity contribution in [1.29, 1.82) is 0 Å². The Labute approximate surface area is 191 Å². The molecule has 1 aromatic carbocycles. The van der Waals surface area contributed by atoms with Crippen molar-refractivity contribution in [2.75, 3.05) is 37.9 Å². The third-order valence-corrected chi connectivity index (χ3v) is 5.62. The Kier molecular flexibility index (Phi) is 6.85. The standard InChI is InChI=1S/C23H28N6O4/c1-33-10-4-9-29-20-19(26-23(29)27-21(31)15-5-2-6-17(24)11-15)12-16(13-25-20)22(32)28-8-3-7-18(30)14-28/h2,5-6,11-13,18,30H,3-4,7-10,14,24H2,1H3,(H,26,27,31)/t18-/m0/s1. The number of nitrogen functional groups attached to an aromatic ring is 1. The summed E-state index contributed by atoms with van der Waals surface area (Å²) in [4.78, 5) is 36.4. The summed E-state index contributed by atoms with van der Waals surface area (Å²) in [6, 6.07) is 8.36. The zero-order chi connectivity index (χ0) is 23.4.